The average Bonchev–Trinajstić information content (AvgIpc) is 2.67. The second-order valence-corrected chi connectivity index (χ2v) is 5.10. The van der Waals surface area contributed by atoms with Gasteiger partial charge in [-0.25, -0.2) is 4.98 Å². The second-order valence-electron chi connectivity index (χ2n) is 5.10. The van der Waals surface area contributed by atoms with Gasteiger partial charge in [-0.2, -0.15) is 9.78 Å². The predicted molar refractivity (Wildman–Crippen MR) is 95.1 cm³/mol. The van der Waals surface area contributed by atoms with E-state index >= 15 is 0 Å². The van der Waals surface area contributed by atoms with Gasteiger partial charge in [-0.05, 0) is 12.1 Å². The molecule has 0 saturated heterocycles. The molecule has 0 N–H and O–H groups in total. The Kier molecular flexibility index (Phi) is 4.65. The van der Waals surface area contributed by atoms with Gasteiger partial charge in [-0.3, -0.25) is 4.79 Å². The standard InChI is InChI=1S/C18H17N3O4/c1-23-12-8-16(24-2)14(17(9-12)25-3)10-20-21-11-19-15-7-5-4-6-13(15)18(21)22/h4-11H,1-3H3/b20-10+. The molecule has 25 heavy (non-hydrogen) atoms. The number of methoxy groups -OCH3 is 3. The summed E-state index contributed by atoms with van der Waals surface area (Å²) < 4.78 is 17.1. The molecule has 0 radical (unpaired) electrons. The summed E-state index contributed by atoms with van der Waals surface area (Å²) in [4.78, 5) is 16.7. The van der Waals surface area contributed by atoms with Crippen LogP contribution in [0.1, 0.15) is 5.56 Å². The van der Waals surface area contributed by atoms with Crippen molar-refractivity contribution in [3.05, 3.63) is 58.6 Å². The minimum atomic E-state index is -0.256. The predicted octanol–water partition coefficient (Wildman–Crippen LogP) is 2.30. The van der Waals surface area contributed by atoms with E-state index < -0.39 is 0 Å². The summed E-state index contributed by atoms with van der Waals surface area (Å²) in [5, 5.41) is 4.71. The van der Waals surface area contributed by atoms with Gasteiger partial charge < -0.3 is 14.2 Å². The van der Waals surface area contributed by atoms with Crippen molar-refractivity contribution in [2.75, 3.05) is 21.3 Å². The second kappa shape index (κ2) is 7.04. The molecular weight excluding hydrogens is 322 g/mol. The number of fused-ring (bicyclic) bond motifs is 1. The Balaban J connectivity index is 2.08. The maximum Gasteiger partial charge on any atom is 0.281 e. The summed E-state index contributed by atoms with van der Waals surface area (Å²) in [6.07, 6.45) is 2.87. The minimum Gasteiger partial charge on any atom is -0.496 e. The molecule has 3 rings (SSSR count). The molecule has 0 fully saturated rings. The highest BCUT2D eigenvalue weighted by Crippen LogP contribution is 2.32. The van der Waals surface area contributed by atoms with Crippen molar-refractivity contribution >= 4 is 17.1 Å². The Hall–Kier alpha value is -3.35. The van der Waals surface area contributed by atoms with Crippen molar-refractivity contribution in [2.45, 2.75) is 0 Å². The fourth-order valence-electron chi connectivity index (χ4n) is 2.42. The van der Waals surface area contributed by atoms with Gasteiger partial charge in [-0.1, -0.05) is 12.1 Å². The van der Waals surface area contributed by atoms with Crippen molar-refractivity contribution in [1.82, 2.24) is 9.66 Å². The van der Waals surface area contributed by atoms with E-state index in [0.29, 0.717) is 33.7 Å². The van der Waals surface area contributed by atoms with Crippen molar-refractivity contribution in [3.63, 3.8) is 0 Å². The first kappa shape index (κ1) is 16.5. The van der Waals surface area contributed by atoms with E-state index in [1.165, 1.54) is 31.4 Å². The van der Waals surface area contributed by atoms with Crippen LogP contribution in [0.5, 0.6) is 17.2 Å². The zero-order chi connectivity index (χ0) is 17.8. The molecule has 0 unspecified atom stereocenters. The summed E-state index contributed by atoms with van der Waals surface area (Å²) in [6, 6.07) is 10.5. The number of hydrogen-bond acceptors (Lipinski definition) is 6. The Labute approximate surface area is 144 Å². The molecule has 0 amide bonds. The number of hydrogen-bond donors (Lipinski definition) is 0. The SMILES string of the molecule is COc1cc(OC)c(/C=N/n2cnc3ccccc3c2=O)c(OC)c1. The molecule has 128 valence electrons. The molecule has 0 spiro atoms. The van der Waals surface area contributed by atoms with Gasteiger partial charge in [0, 0.05) is 12.1 Å². The van der Waals surface area contributed by atoms with Gasteiger partial charge in [0.2, 0.25) is 0 Å². The van der Waals surface area contributed by atoms with Crippen LogP contribution in [0.3, 0.4) is 0 Å². The first-order valence-electron chi connectivity index (χ1n) is 7.48. The third kappa shape index (κ3) is 3.16. The van der Waals surface area contributed by atoms with Crippen LogP contribution in [0, 0.1) is 0 Å². The molecule has 0 saturated carbocycles. The summed E-state index contributed by atoms with van der Waals surface area (Å²) in [5.41, 5.74) is 0.956. The summed E-state index contributed by atoms with van der Waals surface area (Å²) in [7, 11) is 4.63. The normalized spacial score (nSPS) is 11.0. The molecule has 1 heterocycles. The number of ether oxygens (including phenoxy) is 3. The van der Waals surface area contributed by atoms with Crippen LogP contribution < -0.4 is 19.8 Å². The quantitative estimate of drug-likeness (QED) is 0.667. The van der Waals surface area contributed by atoms with Gasteiger partial charge in [-0.15, -0.1) is 0 Å². The van der Waals surface area contributed by atoms with Crippen molar-refractivity contribution in [2.24, 2.45) is 5.10 Å². The third-order valence-electron chi connectivity index (χ3n) is 3.71. The van der Waals surface area contributed by atoms with Crippen molar-refractivity contribution < 1.29 is 14.2 Å². The number of para-hydroxylation sites is 1. The van der Waals surface area contributed by atoms with Gasteiger partial charge in [0.05, 0.1) is 44.0 Å². The molecule has 7 heteroatoms. The highest BCUT2D eigenvalue weighted by molar-refractivity contribution is 5.88. The third-order valence-corrected chi connectivity index (χ3v) is 3.71. The van der Waals surface area contributed by atoms with E-state index in [4.69, 9.17) is 14.2 Å². The van der Waals surface area contributed by atoms with Gasteiger partial charge in [0.25, 0.3) is 5.56 Å². The number of benzene rings is 2. The molecule has 3 aromatic rings. The van der Waals surface area contributed by atoms with E-state index in [-0.39, 0.29) is 5.56 Å². The first-order valence-corrected chi connectivity index (χ1v) is 7.48. The molecule has 7 nitrogen and oxygen atoms in total. The van der Waals surface area contributed by atoms with Gasteiger partial charge in [0.1, 0.15) is 23.6 Å². The van der Waals surface area contributed by atoms with Crippen LogP contribution in [-0.4, -0.2) is 37.2 Å². The molecule has 0 atom stereocenters. The molecule has 1 aromatic heterocycles. The van der Waals surface area contributed by atoms with Crippen molar-refractivity contribution in [1.29, 1.82) is 0 Å². The lowest BCUT2D eigenvalue weighted by molar-refractivity contribution is 0.374. The van der Waals surface area contributed by atoms with Crippen LogP contribution in [-0.2, 0) is 0 Å². The van der Waals surface area contributed by atoms with E-state index in [2.05, 4.69) is 10.1 Å². The maximum absolute atomic E-state index is 12.5. The monoisotopic (exact) mass is 339 g/mol. The Morgan fingerprint density at radius 3 is 2.36 bits per heavy atom. The zero-order valence-corrected chi connectivity index (χ0v) is 14.1. The fraction of sp³-hybridized carbons (Fsp3) is 0.167. The zero-order valence-electron chi connectivity index (χ0n) is 14.1. The number of aromatic nitrogens is 2. The Bertz CT molecular complexity index is 970. The minimum absolute atomic E-state index is 0.256. The van der Waals surface area contributed by atoms with E-state index in [1.54, 1.807) is 37.4 Å². The fourth-order valence-corrected chi connectivity index (χ4v) is 2.42. The van der Waals surface area contributed by atoms with Crippen LogP contribution in [0.25, 0.3) is 10.9 Å². The largest absolute Gasteiger partial charge is 0.496 e. The van der Waals surface area contributed by atoms with E-state index in [1.807, 2.05) is 6.07 Å². The maximum atomic E-state index is 12.5. The Morgan fingerprint density at radius 2 is 1.72 bits per heavy atom. The molecule has 0 aliphatic heterocycles. The lowest BCUT2D eigenvalue weighted by Gasteiger charge is -2.12. The van der Waals surface area contributed by atoms with Crippen LogP contribution in [0.2, 0.25) is 0 Å². The summed E-state index contributed by atoms with van der Waals surface area (Å²) in [5.74, 6) is 1.62. The highest BCUT2D eigenvalue weighted by atomic mass is 16.5. The van der Waals surface area contributed by atoms with Gasteiger partial charge >= 0.3 is 0 Å². The Morgan fingerprint density at radius 1 is 1.04 bits per heavy atom. The van der Waals surface area contributed by atoms with Crippen LogP contribution in [0.4, 0.5) is 0 Å². The lowest BCUT2D eigenvalue weighted by atomic mass is 10.2. The van der Waals surface area contributed by atoms with E-state index in [9.17, 15) is 4.79 Å². The number of rotatable bonds is 5. The van der Waals surface area contributed by atoms with E-state index in [0.717, 1.165) is 0 Å². The summed E-state index contributed by atoms with van der Waals surface area (Å²) in [6.45, 7) is 0. The molecule has 2 aromatic carbocycles. The molecule has 0 aliphatic carbocycles. The first-order chi connectivity index (χ1) is 12.2. The smallest absolute Gasteiger partial charge is 0.281 e. The molecular formula is C18H17N3O4. The molecule has 0 bridgehead atoms. The van der Waals surface area contributed by atoms with Crippen molar-refractivity contribution in [3.8, 4) is 17.2 Å². The number of nitrogens with zero attached hydrogens (tertiary/aromatic N) is 3. The van der Waals surface area contributed by atoms with Crippen LogP contribution >= 0.6 is 0 Å². The molecule has 0 aliphatic rings. The topological polar surface area (TPSA) is 74.9 Å². The van der Waals surface area contributed by atoms with Gasteiger partial charge in [0.15, 0.2) is 0 Å². The average molecular weight is 339 g/mol. The summed E-state index contributed by atoms with van der Waals surface area (Å²) >= 11 is 0. The highest BCUT2D eigenvalue weighted by Gasteiger charge is 2.12. The van der Waals surface area contributed by atoms with Crippen LogP contribution in [0.15, 0.2) is 52.6 Å². The lowest BCUT2D eigenvalue weighted by Crippen LogP contribution is -2.17.